The minimum Gasteiger partial charge on any atom is -0.456 e. The average molecular weight is 365 g/mol. The lowest BCUT2D eigenvalue weighted by molar-refractivity contribution is 0.404. The van der Waals surface area contributed by atoms with Gasteiger partial charge in [-0.15, -0.1) is 0 Å². The van der Waals surface area contributed by atoms with E-state index < -0.39 is 25.0 Å². The SMILES string of the molecule is CO[Si](C)(C)CC[Si]O[Si](C)(C)CC[Si]O[Si](C)(C)C. The Kier molecular flexibility index (Phi) is 9.62. The van der Waals surface area contributed by atoms with Gasteiger partial charge in [-0.25, -0.2) is 0 Å². The maximum atomic E-state index is 6.20. The van der Waals surface area contributed by atoms with Crippen LogP contribution in [0.1, 0.15) is 0 Å². The summed E-state index contributed by atoms with van der Waals surface area (Å²) in [6.07, 6.45) is 0. The van der Waals surface area contributed by atoms with Crippen molar-refractivity contribution in [3.8, 4) is 0 Å². The van der Waals surface area contributed by atoms with E-state index in [-0.39, 0.29) is 0 Å². The van der Waals surface area contributed by atoms with Crippen LogP contribution in [0.5, 0.6) is 0 Å². The van der Waals surface area contributed by atoms with E-state index in [2.05, 4.69) is 45.8 Å². The lowest BCUT2D eigenvalue weighted by Crippen LogP contribution is -2.34. The maximum Gasteiger partial charge on any atom is 0.214 e. The molecule has 118 valence electrons. The first-order valence-electron chi connectivity index (χ1n) is 7.34. The van der Waals surface area contributed by atoms with Crippen molar-refractivity contribution in [2.24, 2.45) is 0 Å². The lowest BCUT2D eigenvalue weighted by Gasteiger charge is -2.25. The van der Waals surface area contributed by atoms with Gasteiger partial charge in [-0.2, -0.15) is 0 Å². The van der Waals surface area contributed by atoms with Gasteiger partial charge in [0.15, 0.2) is 25.0 Å². The summed E-state index contributed by atoms with van der Waals surface area (Å²) in [5.41, 5.74) is 0. The molecule has 0 aromatic carbocycles. The summed E-state index contributed by atoms with van der Waals surface area (Å²) in [6, 6.07) is 4.75. The van der Waals surface area contributed by atoms with Crippen molar-refractivity contribution >= 4 is 44.5 Å². The van der Waals surface area contributed by atoms with E-state index in [1.54, 1.807) is 0 Å². The minimum absolute atomic E-state index is 0.649. The third kappa shape index (κ3) is 12.7. The van der Waals surface area contributed by atoms with Crippen LogP contribution in [0.3, 0.4) is 0 Å². The lowest BCUT2D eigenvalue weighted by atomic mass is 10.9. The molecule has 0 bridgehead atoms. The van der Waals surface area contributed by atoms with Crippen LogP contribution in [0.2, 0.25) is 70.0 Å². The molecule has 0 unspecified atom stereocenters. The molecule has 0 saturated heterocycles. The van der Waals surface area contributed by atoms with Gasteiger partial charge in [-0.05, 0) is 70.0 Å². The van der Waals surface area contributed by atoms with Gasteiger partial charge in [0, 0.05) is 7.11 Å². The number of hydrogen-bond acceptors (Lipinski definition) is 3. The molecule has 0 aromatic rings. The van der Waals surface area contributed by atoms with Crippen molar-refractivity contribution in [1.29, 1.82) is 0 Å². The maximum absolute atomic E-state index is 6.20. The van der Waals surface area contributed by atoms with Crippen LogP contribution in [0.4, 0.5) is 0 Å². The van der Waals surface area contributed by atoms with E-state index >= 15 is 0 Å². The fourth-order valence-electron chi connectivity index (χ4n) is 1.37. The highest BCUT2D eigenvalue weighted by atomic mass is 28.4. The second kappa shape index (κ2) is 9.18. The molecule has 0 fully saturated rings. The first-order valence-corrected chi connectivity index (χ1v) is 19.2. The van der Waals surface area contributed by atoms with E-state index in [1.807, 2.05) is 7.11 Å². The van der Waals surface area contributed by atoms with Gasteiger partial charge < -0.3 is 12.7 Å². The Morgan fingerprint density at radius 2 is 1.15 bits per heavy atom. The molecule has 0 amide bonds. The molecule has 0 aromatic heterocycles. The summed E-state index contributed by atoms with van der Waals surface area (Å²) in [7, 11) is -1.05. The molecule has 0 aliphatic rings. The second-order valence-electron chi connectivity index (χ2n) is 7.33. The van der Waals surface area contributed by atoms with Gasteiger partial charge >= 0.3 is 0 Å². The smallest absolute Gasteiger partial charge is 0.214 e. The zero-order valence-corrected chi connectivity index (χ0v) is 19.6. The van der Waals surface area contributed by atoms with E-state index in [1.165, 1.54) is 18.1 Å². The Morgan fingerprint density at radius 3 is 1.60 bits per heavy atom. The molecule has 0 aliphatic heterocycles. The Bertz CT molecular complexity index is 266. The van der Waals surface area contributed by atoms with Crippen LogP contribution in [-0.2, 0) is 12.7 Å². The third-order valence-corrected chi connectivity index (χ3v) is 14.7. The van der Waals surface area contributed by atoms with Gasteiger partial charge in [0.05, 0.1) is 0 Å². The molecular weight excluding hydrogens is 333 g/mol. The highest BCUT2D eigenvalue weighted by Gasteiger charge is 2.25. The summed E-state index contributed by atoms with van der Waals surface area (Å²) in [4.78, 5) is 0. The van der Waals surface area contributed by atoms with E-state index in [4.69, 9.17) is 12.7 Å². The van der Waals surface area contributed by atoms with Gasteiger partial charge in [0.2, 0.25) is 19.5 Å². The van der Waals surface area contributed by atoms with Crippen LogP contribution in [0.25, 0.3) is 0 Å². The zero-order valence-electron chi connectivity index (χ0n) is 14.6. The van der Waals surface area contributed by atoms with Crippen LogP contribution in [0, 0.1) is 0 Å². The minimum atomic E-state index is -1.48. The summed E-state index contributed by atoms with van der Waals surface area (Å²) in [5.74, 6) is 0. The van der Waals surface area contributed by atoms with E-state index in [9.17, 15) is 0 Å². The molecule has 0 rings (SSSR count). The van der Waals surface area contributed by atoms with Crippen LogP contribution >= 0.6 is 0 Å². The van der Waals surface area contributed by atoms with Crippen molar-refractivity contribution < 1.29 is 12.7 Å². The van der Waals surface area contributed by atoms with E-state index in [0.717, 1.165) is 6.04 Å². The molecule has 3 nitrogen and oxygen atoms in total. The molecule has 0 aliphatic carbocycles. The number of rotatable bonds is 11. The Morgan fingerprint density at radius 1 is 0.700 bits per heavy atom. The molecule has 0 spiro atoms. The predicted molar refractivity (Wildman–Crippen MR) is 98.2 cm³/mol. The molecule has 0 atom stereocenters. The zero-order chi connectivity index (χ0) is 15.9. The Balaban J connectivity index is 3.74. The van der Waals surface area contributed by atoms with Gasteiger partial charge in [0.1, 0.15) is 0 Å². The van der Waals surface area contributed by atoms with Crippen molar-refractivity contribution in [2.45, 2.75) is 70.0 Å². The fourth-order valence-corrected chi connectivity index (χ4v) is 11.7. The number of hydrogen-bond donors (Lipinski definition) is 0. The molecular formula is C12H32O3Si5. The topological polar surface area (TPSA) is 27.7 Å². The predicted octanol–water partition coefficient (Wildman–Crippen LogP) is 3.99. The van der Waals surface area contributed by atoms with E-state index in [0.29, 0.717) is 19.5 Å². The summed E-state index contributed by atoms with van der Waals surface area (Å²) < 4.78 is 17.7. The molecule has 8 heteroatoms. The Hall–Kier alpha value is 0.964. The molecule has 4 radical (unpaired) electrons. The Labute approximate surface area is 134 Å². The first-order chi connectivity index (χ1) is 8.97. The average Bonchev–Trinajstić information content (AvgIpc) is 2.30. The monoisotopic (exact) mass is 364 g/mol. The quantitative estimate of drug-likeness (QED) is 0.410. The van der Waals surface area contributed by atoms with Crippen molar-refractivity contribution in [2.75, 3.05) is 7.11 Å². The molecule has 0 heterocycles. The highest BCUT2D eigenvalue weighted by Crippen LogP contribution is 2.17. The molecule has 0 saturated carbocycles. The third-order valence-electron chi connectivity index (χ3n) is 2.94. The van der Waals surface area contributed by atoms with Crippen molar-refractivity contribution in [1.82, 2.24) is 0 Å². The van der Waals surface area contributed by atoms with Crippen molar-refractivity contribution in [3.63, 3.8) is 0 Å². The van der Waals surface area contributed by atoms with Gasteiger partial charge in [-0.3, -0.25) is 0 Å². The highest BCUT2D eigenvalue weighted by molar-refractivity contribution is 6.77. The van der Waals surface area contributed by atoms with Crippen LogP contribution < -0.4 is 0 Å². The second-order valence-corrected chi connectivity index (χ2v) is 23.2. The van der Waals surface area contributed by atoms with Gasteiger partial charge in [-0.1, -0.05) is 0 Å². The molecule has 0 N–H and O–H groups in total. The van der Waals surface area contributed by atoms with Crippen LogP contribution in [0.15, 0.2) is 0 Å². The van der Waals surface area contributed by atoms with Crippen molar-refractivity contribution in [3.05, 3.63) is 0 Å². The van der Waals surface area contributed by atoms with Crippen LogP contribution in [-0.4, -0.2) is 51.6 Å². The van der Waals surface area contributed by atoms with Gasteiger partial charge in [0.25, 0.3) is 0 Å². The standard InChI is InChI=1S/C12H32O3Si5/c1-13-19(5,6)11-9-17-15-20(7,8)12-10-16-14-18(2,3)4/h9-12H2,1-8H3. The summed E-state index contributed by atoms with van der Waals surface area (Å²) in [5, 5.41) is 0. The summed E-state index contributed by atoms with van der Waals surface area (Å²) >= 11 is 0. The largest absolute Gasteiger partial charge is 0.456 e. The molecule has 20 heavy (non-hydrogen) atoms. The first kappa shape index (κ1) is 21.0. The summed E-state index contributed by atoms with van der Waals surface area (Å²) in [6.45, 7) is 16.0. The fraction of sp³-hybridized carbons (Fsp3) is 1.00. The normalized spacial score (nSPS) is 13.8.